The molecule has 1 heterocycles. The number of methoxy groups -OCH3 is 2. The Bertz CT molecular complexity index is 1040. The van der Waals surface area contributed by atoms with Gasteiger partial charge in [0, 0.05) is 12.1 Å². The lowest BCUT2D eigenvalue weighted by atomic mass is 10.0. The van der Waals surface area contributed by atoms with E-state index in [1.807, 2.05) is 30.3 Å². The Balaban J connectivity index is 1.47. The largest absolute Gasteiger partial charge is 0.493 e. The zero-order chi connectivity index (χ0) is 22.2. The molecule has 6 nitrogen and oxygen atoms in total. The fraction of sp³-hybridized carbons (Fsp3) is 0.292. The molecule has 162 valence electrons. The van der Waals surface area contributed by atoms with Crippen molar-refractivity contribution in [1.29, 1.82) is 0 Å². The van der Waals surface area contributed by atoms with Crippen molar-refractivity contribution < 1.29 is 14.3 Å². The zero-order valence-electron chi connectivity index (χ0n) is 18.3. The van der Waals surface area contributed by atoms with Crippen LogP contribution < -0.4 is 14.8 Å². The molecule has 1 N–H and O–H groups in total. The van der Waals surface area contributed by atoms with Gasteiger partial charge in [0.15, 0.2) is 11.5 Å². The van der Waals surface area contributed by atoms with Crippen LogP contribution in [-0.4, -0.2) is 42.6 Å². The third kappa shape index (κ3) is 6.21. The summed E-state index contributed by atoms with van der Waals surface area (Å²) in [5, 5.41) is 12.3. The van der Waals surface area contributed by atoms with Crippen molar-refractivity contribution in [1.82, 2.24) is 15.5 Å². The Hall–Kier alpha value is -3.06. The van der Waals surface area contributed by atoms with E-state index in [0.29, 0.717) is 30.2 Å². The molecule has 1 amide bonds. The minimum Gasteiger partial charge on any atom is -0.493 e. The van der Waals surface area contributed by atoms with Gasteiger partial charge in [0.25, 0.3) is 0 Å². The summed E-state index contributed by atoms with van der Waals surface area (Å²) in [7, 11) is 3.22. The normalized spacial score (nSPS) is 10.6. The summed E-state index contributed by atoms with van der Waals surface area (Å²) in [5.74, 6) is 1.63. The molecule has 0 atom stereocenters. The van der Waals surface area contributed by atoms with Crippen molar-refractivity contribution in [2.75, 3.05) is 26.5 Å². The van der Waals surface area contributed by atoms with Crippen LogP contribution in [0, 0.1) is 13.8 Å². The lowest BCUT2D eigenvalue weighted by Crippen LogP contribution is -2.27. The van der Waals surface area contributed by atoms with E-state index < -0.39 is 0 Å². The maximum Gasteiger partial charge on any atom is 0.230 e. The molecule has 0 saturated carbocycles. The van der Waals surface area contributed by atoms with E-state index in [9.17, 15) is 4.79 Å². The number of nitrogens with one attached hydrogen (secondary N) is 1. The smallest absolute Gasteiger partial charge is 0.230 e. The second kappa shape index (κ2) is 10.8. The van der Waals surface area contributed by atoms with Gasteiger partial charge in [0.1, 0.15) is 5.03 Å². The molecule has 0 saturated heterocycles. The van der Waals surface area contributed by atoms with Crippen LogP contribution in [0.15, 0.2) is 53.6 Å². The average molecular weight is 438 g/mol. The monoisotopic (exact) mass is 437 g/mol. The molecule has 3 aromatic rings. The topological polar surface area (TPSA) is 73.3 Å². The van der Waals surface area contributed by atoms with Crippen LogP contribution >= 0.6 is 11.8 Å². The molecule has 7 heteroatoms. The van der Waals surface area contributed by atoms with Crippen LogP contribution in [-0.2, 0) is 11.2 Å². The minimum atomic E-state index is -0.0362. The summed E-state index contributed by atoms with van der Waals surface area (Å²) in [6.07, 6.45) is 0.709. The van der Waals surface area contributed by atoms with E-state index in [4.69, 9.17) is 9.47 Å². The third-order valence-corrected chi connectivity index (χ3v) is 5.76. The van der Waals surface area contributed by atoms with Crippen molar-refractivity contribution >= 4 is 17.7 Å². The van der Waals surface area contributed by atoms with Gasteiger partial charge in [-0.05, 0) is 61.7 Å². The highest BCUT2D eigenvalue weighted by Crippen LogP contribution is 2.27. The van der Waals surface area contributed by atoms with Crippen LogP contribution in [0.3, 0.4) is 0 Å². The number of aromatic nitrogens is 2. The molecule has 0 fully saturated rings. The lowest BCUT2D eigenvalue weighted by molar-refractivity contribution is -0.118. The van der Waals surface area contributed by atoms with Crippen LogP contribution in [0.2, 0.25) is 0 Å². The Morgan fingerprint density at radius 2 is 1.77 bits per heavy atom. The Morgan fingerprint density at radius 1 is 0.968 bits per heavy atom. The summed E-state index contributed by atoms with van der Waals surface area (Å²) in [4.78, 5) is 12.2. The number of rotatable bonds is 9. The van der Waals surface area contributed by atoms with Crippen molar-refractivity contribution in [3.63, 3.8) is 0 Å². The maximum absolute atomic E-state index is 12.2. The van der Waals surface area contributed by atoms with E-state index >= 15 is 0 Å². The fourth-order valence-electron chi connectivity index (χ4n) is 3.13. The average Bonchev–Trinajstić information content (AvgIpc) is 2.79. The minimum absolute atomic E-state index is 0.0362. The summed E-state index contributed by atoms with van der Waals surface area (Å²) in [6, 6.07) is 15.9. The molecule has 3 rings (SSSR count). The lowest BCUT2D eigenvalue weighted by Gasteiger charge is -2.10. The van der Waals surface area contributed by atoms with Gasteiger partial charge in [-0.15, -0.1) is 10.2 Å². The molecule has 2 aromatic carbocycles. The van der Waals surface area contributed by atoms with Crippen molar-refractivity contribution in [2.45, 2.75) is 25.3 Å². The number of carbonyl (C=O) groups is 1. The van der Waals surface area contributed by atoms with Gasteiger partial charge in [0.05, 0.1) is 25.7 Å². The van der Waals surface area contributed by atoms with Crippen LogP contribution in [0.1, 0.15) is 16.7 Å². The summed E-state index contributed by atoms with van der Waals surface area (Å²) in [6.45, 7) is 4.67. The number of hydrogen-bond acceptors (Lipinski definition) is 6. The van der Waals surface area contributed by atoms with Gasteiger partial charge in [-0.1, -0.05) is 35.5 Å². The molecule has 0 aliphatic rings. The highest BCUT2D eigenvalue weighted by atomic mass is 32.2. The standard InChI is InChI=1S/C24H27N3O3S/c1-16-5-6-17(2)19(13-16)20-8-10-24(27-26-20)31-15-23(28)25-12-11-18-7-9-21(29-3)22(14-18)30-4/h5-10,13-14H,11-12,15H2,1-4H3,(H,25,28). The Labute approximate surface area is 187 Å². The van der Waals surface area contributed by atoms with Gasteiger partial charge in [-0.2, -0.15) is 0 Å². The van der Waals surface area contributed by atoms with Crippen LogP contribution in [0.4, 0.5) is 0 Å². The number of thioether (sulfide) groups is 1. The van der Waals surface area contributed by atoms with E-state index in [1.165, 1.54) is 17.3 Å². The number of nitrogens with zero attached hydrogens (tertiary/aromatic N) is 2. The second-order valence-corrected chi connectivity index (χ2v) is 8.15. The van der Waals surface area contributed by atoms with E-state index in [0.717, 1.165) is 27.4 Å². The van der Waals surface area contributed by atoms with Gasteiger partial charge in [-0.3, -0.25) is 4.79 Å². The molecule has 0 unspecified atom stereocenters. The number of carbonyl (C=O) groups excluding carboxylic acids is 1. The predicted molar refractivity (Wildman–Crippen MR) is 124 cm³/mol. The molecule has 0 aliphatic carbocycles. The van der Waals surface area contributed by atoms with E-state index in [2.05, 4.69) is 47.6 Å². The SMILES string of the molecule is COc1ccc(CCNC(=O)CSc2ccc(-c3cc(C)ccc3C)nn2)cc1OC. The maximum atomic E-state index is 12.2. The third-order valence-electron chi connectivity index (χ3n) is 4.84. The molecule has 31 heavy (non-hydrogen) atoms. The second-order valence-electron chi connectivity index (χ2n) is 7.15. The van der Waals surface area contributed by atoms with E-state index in [-0.39, 0.29) is 5.91 Å². The Morgan fingerprint density at radius 3 is 2.48 bits per heavy atom. The predicted octanol–water partition coefficient (Wildman–Crippen LogP) is 4.23. The van der Waals surface area contributed by atoms with Crippen molar-refractivity contribution in [3.8, 4) is 22.8 Å². The Kier molecular flexibility index (Phi) is 7.89. The summed E-state index contributed by atoms with van der Waals surface area (Å²) >= 11 is 1.37. The fourth-order valence-corrected chi connectivity index (χ4v) is 3.77. The number of hydrogen-bond donors (Lipinski definition) is 1. The first-order valence-corrected chi connectivity index (χ1v) is 11.0. The molecule has 0 bridgehead atoms. The number of aryl methyl sites for hydroxylation is 2. The first-order valence-electron chi connectivity index (χ1n) is 10.0. The number of ether oxygens (including phenoxy) is 2. The quantitative estimate of drug-likeness (QED) is 0.505. The van der Waals surface area contributed by atoms with Crippen molar-refractivity contribution in [2.24, 2.45) is 0 Å². The van der Waals surface area contributed by atoms with Crippen LogP contribution in [0.25, 0.3) is 11.3 Å². The van der Waals surface area contributed by atoms with Gasteiger partial charge < -0.3 is 14.8 Å². The van der Waals surface area contributed by atoms with E-state index in [1.54, 1.807) is 14.2 Å². The van der Waals surface area contributed by atoms with Gasteiger partial charge >= 0.3 is 0 Å². The number of benzene rings is 2. The molecular weight excluding hydrogens is 410 g/mol. The summed E-state index contributed by atoms with van der Waals surface area (Å²) < 4.78 is 10.6. The van der Waals surface area contributed by atoms with Gasteiger partial charge in [0.2, 0.25) is 5.91 Å². The number of amides is 1. The highest BCUT2D eigenvalue weighted by Gasteiger charge is 2.08. The van der Waals surface area contributed by atoms with Crippen LogP contribution in [0.5, 0.6) is 11.5 Å². The molecule has 1 aromatic heterocycles. The first kappa shape index (κ1) is 22.6. The molecular formula is C24H27N3O3S. The molecule has 0 aliphatic heterocycles. The highest BCUT2D eigenvalue weighted by molar-refractivity contribution is 7.99. The summed E-state index contributed by atoms with van der Waals surface area (Å²) in [5.41, 5.74) is 5.33. The molecule has 0 spiro atoms. The van der Waals surface area contributed by atoms with Crippen molar-refractivity contribution in [3.05, 3.63) is 65.2 Å². The van der Waals surface area contributed by atoms with Gasteiger partial charge in [-0.25, -0.2) is 0 Å². The zero-order valence-corrected chi connectivity index (χ0v) is 19.1. The molecule has 0 radical (unpaired) electrons. The first-order chi connectivity index (χ1) is 15.0.